The van der Waals surface area contributed by atoms with Crippen molar-refractivity contribution in [3.63, 3.8) is 0 Å². The first kappa shape index (κ1) is 23.7. The minimum absolute atomic E-state index is 0.0388. The summed E-state index contributed by atoms with van der Waals surface area (Å²) in [6.45, 7) is 7.84. The summed E-state index contributed by atoms with van der Waals surface area (Å²) in [4.78, 5) is 36.6. The maximum Gasteiger partial charge on any atom is 0.492 e. The van der Waals surface area contributed by atoms with Gasteiger partial charge in [-0.3, -0.25) is 0 Å². The maximum atomic E-state index is 12.4. The first-order valence-electron chi connectivity index (χ1n) is 11.0. The van der Waals surface area contributed by atoms with Gasteiger partial charge < -0.3 is 24.1 Å². The molecule has 2 aromatic rings. The SMILES string of the molecule is CC1(C)OB(C(=Cc2cccc3c2C(=O)OC3=O)CNC(=O)OCc2ccccc2)OC1(C)C. The first-order valence-corrected chi connectivity index (χ1v) is 11.0. The third-order valence-corrected chi connectivity index (χ3v) is 6.25. The van der Waals surface area contributed by atoms with E-state index < -0.39 is 36.4 Å². The Morgan fingerprint density at radius 3 is 2.32 bits per heavy atom. The predicted molar refractivity (Wildman–Crippen MR) is 125 cm³/mol. The lowest BCUT2D eigenvalue weighted by atomic mass is 9.76. The minimum atomic E-state index is -0.789. The zero-order valence-corrected chi connectivity index (χ0v) is 19.5. The average Bonchev–Trinajstić information content (AvgIpc) is 3.20. The summed E-state index contributed by atoms with van der Waals surface area (Å²) in [6, 6.07) is 14.2. The molecule has 0 aromatic heterocycles. The van der Waals surface area contributed by atoms with Crippen molar-refractivity contribution in [3.05, 3.63) is 76.3 Å². The number of carbonyl (C=O) groups excluding carboxylic acids is 3. The molecule has 1 fully saturated rings. The molecule has 1 amide bonds. The van der Waals surface area contributed by atoms with Crippen LogP contribution in [0.1, 0.15) is 59.5 Å². The van der Waals surface area contributed by atoms with Gasteiger partial charge >= 0.3 is 25.2 Å². The zero-order valence-electron chi connectivity index (χ0n) is 19.5. The van der Waals surface area contributed by atoms with Gasteiger partial charge in [-0.05, 0) is 50.4 Å². The summed E-state index contributed by atoms with van der Waals surface area (Å²) in [7, 11) is -0.789. The number of ether oxygens (including phenoxy) is 2. The second-order valence-electron chi connectivity index (χ2n) is 9.17. The molecule has 2 aliphatic heterocycles. The van der Waals surface area contributed by atoms with E-state index in [9.17, 15) is 14.4 Å². The van der Waals surface area contributed by atoms with Gasteiger partial charge in [-0.15, -0.1) is 0 Å². The van der Waals surface area contributed by atoms with E-state index in [0.717, 1.165) is 5.56 Å². The Balaban J connectivity index is 1.57. The van der Waals surface area contributed by atoms with Crippen LogP contribution >= 0.6 is 0 Å². The van der Waals surface area contributed by atoms with Crippen LogP contribution in [0.3, 0.4) is 0 Å². The van der Waals surface area contributed by atoms with Gasteiger partial charge in [-0.2, -0.15) is 0 Å². The van der Waals surface area contributed by atoms with E-state index in [4.69, 9.17) is 18.8 Å². The van der Waals surface area contributed by atoms with E-state index in [-0.39, 0.29) is 24.3 Å². The maximum absolute atomic E-state index is 12.4. The standard InChI is InChI=1S/C25H26BNO7/c1-24(2)25(3,4)34-26(33-24)18(14-27-23(30)31-15-16-9-6-5-7-10-16)13-17-11-8-12-19-20(17)22(29)32-21(19)28/h5-13H,14-15H2,1-4H3,(H,27,30). The average molecular weight is 463 g/mol. The summed E-state index contributed by atoms with van der Waals surface area (Å²) < 4.78 is 22.4. The fraction of sp³-hybridized carbons (Fsp3) is 0.320. The van der Waals surface area contributed by atoms with Crippen LogP contribution in [0.2, 0.25) is 0 Å². The summed E-state index contributed by atoms with van der Waals surface area (Å²) in [5, 5.41) is 2.72. The molecule has 2 heterocycles. The van der Waals surface area contributed by atoms with E-state index in [1.54, 1.807) is 18.2 Å². The van der Waals surface area contributed by atoms with Gasteiger partial charge in [-0.1, -0.05) is 48.5 Å². The van der Waals surface area contributed by atoms with E-state index in [1.807, 2.05) is 58.0 Å². The lowest BCUT2D eigenvalue weighted by molar-refractivity contribution is 0.00578. The Bertz CT molecular complexity index is 1140. The monoisotopic (exact) mass is 463 g/mol. The predicted octanol–water partition coefficient (Wildman–Crippen LogP) is 3.94. The fourth-order valence-corrected chi connectivity index (χ4v) is 3.62. The largest absolute Gasteiger partial charge is 0.492 e. The van der Waals surface area contributed by atoms with Gasteiger partial charge in [-0.25, -0.2) is 14.4 Å². The van der Waals surface area contributed by atoms with Crippen LogP contribution in [-0.4, -0.2) is 42.9 Å². The van der Waals surface area contributed by atoms with Gasteiger partial charge in [0.2, 0.25) is 0 Å². The normalized spacial score (nSPS) is 18.5. The molecule has 4 rings (SSSR count). The highest BCUT2D eigenvalue weighted by atomic mass is 16.7. The van der Waals surface area contributed by atoms with Crippen molar-refractivity contribution in [1.29, 1.82) is 0 Å². The van der Waals surface area contributed by atoms with Gasteiger partial charge in [0.25, 0.3) is 0 Å². The smallest absolute Gasteiger partial charge is 0.445 e. The second kappa shape index (κ2) is 9.08. The van der Waals surface area contributed by atoms with Crippen molar-refractivity contribution in [3.8, 4) is 0 Å². The number of hydrogen-bond donors (Lipinski definition) is 1. The molecule has 0 radical (unpaired) electrons. The molecule has 2 aromatic carbocycles. The highest BCUT2D eigenvalue weighted by Gasteiger charge is 2.52. The molecule has 2 aliphatic rings. The third kappa shape index (κ3) is 4.76. The number of carbonyl (C=O) groups is 3. The van der Waals surface area contributed by atoms with E-state index in [2.05, 4.69) is 5.32 Å². The summed E-state index contributed by atoms with van der Waals surface area (Å²) in [6.07, 6.45) is 1.07. The zero-order chi connectivity index (χ0) is 24.5. The summed E-state index contributed by atoms with van der Waals surface area (Å²) in [5.74, 6) is -1.40. The lowest BCUT2D eigenvalue weighted by Gasteiger charge is -2.32. The molecule has 0 bridgehead atoms. The van der Waals surface area contributed by atoms with Crippen LogP contribution in [0.4, 0.5) is 4.79 Å². The van der Waals surface area contributed by atoms with Crippen molar-refractivity contribution in [2.45, 2.75) is 45.5 Å². The van der Waals surface area contributed by atoms with Gasteiger partial charge in [0.1, 0.15) is 6.61 Å². The number of cyclic esters (lactones) is 2. The summed E-state index contributed by atoms with van der Waals surface area (Å²) >= 11 is 0. The van der Waals surface area contributed by atoms with Crippen LogP contribution in [-0.2, 0) is 25.4 Å². The minimum Gasteiger partial charge on any atom is -0.445 e. The van der Waals surface area contributed by atoms with Crippen LogP contribution < -0.4 is 5.32 Å². The molecule has 0 spiro atoms. The highest BCUT2D eigenvalue weighted by molar-refractivity contribution is 6.56. The number of hydrogen-bond acceptors (Lipinski definition) is 7. The van der Waals surface area contributed by atoms with Crippen LogP contribution in [0.25, 0.3) is 6.08 Å². The van der Waals surface area contributed by atoms with Gasteiger partial charge in [0.05, 0.1) is 22.3 Å². The molecule has 0 unspecified atom stereocenters. The van der Waals surface area contributed by atoms with Gasteiger partial charge in [0.15, 0.2) is 0 Å². The quantitative estimate of drug-likeness (QED) is 0.394. The van der Waals surface area contributed by atoms with Crippen molar-refractivity contribution in [2.75, 3.05) is 6.54 Å². The first-order chi connectivity index (χ1) is 16.1. The number of amides is 1. The number of esters is 2. The molecule has 1 saturated heterocycles. The van der Waals surface area contributed by atoms with E-state index in [1.165, 1.54) is 6.07 Å². The Kier molecular flexibility index (Phi) is 6.33. The number of fused-ring (bicyclic) bond motifs is 1. The molecule has 176 valence electrons. The molecule has 34 heavy (non-hydrogen) atoms. The molecule has 1 N–H and O–H groups in total. The molecule has 8 nitrogen and oxygen atoms in total. The molecular weight excluding hydrogens is 437 g/mol. The third-order valence-electron chi connectivity index (χ3n) is 6.25. The fourth-order valence-electron chi connectivity index (χ4n) is 3.62. The van der Waals surface area contributed by atoms with Crippen LogP contribution in [0.15, 0.2) is 54.0 Å². The summed E-state index contributed by atoms with van der Waals surface area (Å²) in [5.41, 5.74) is 1.03. The number of alkyl carbamates (subject to hydrolysis) is 1. The van der Waals surface area contributed by atoms with Crippen LogP contribution in [0.5, 0.6) is 0 Å². The molecule has 9 heteroatoms. The molecule has 0 aliphatic carbocycles. The Morgan fingerprint density at radius 1 is 0.971 bits per heavy atom. The van der Waals surface area contributed by atoms with Crippen molar-refractivity contribution in [2.24, 2.45) is 0 Å². The number of benzene rings is 2. The van der Waals surface area contributed by atoms with E-state index >= 15 is 0 Å². The molecular formula is C25H26BNO7. The second-order valence-corrected chi connectivity index (χ2v) is 9.17. The molecule has 0 atom stereocenters. The Morgan fingerprint density at radius 2 is 1.65 bits per heavy atom. The van der Waals surface area contributed by atoms with Gasteiger partial charge in [0, 0.05) is 6.54 Å². The van der Waals surface area contributed by atoms with Crippen molar-refractivity contribution in [1.82, 2.24) is 5.32 Å². The topological polar surface area (TPSA) is 100 Å². The Hall–Kier alpha value is -3.43. The van der Waals surface area contributed by atoms with Crippen molar-refractivity contribution < 1.29 is 33.2 Å². The Labute approximate surface area is 198 Å². The van der Waals surface area contributed by atoms with Crippen molar-refractivity contribution >= 4 is 31.2 Å². The lowest BCUT2D eigenvalue weighted by Crippen LogP contribution is -2.41. The highest BCUT2D eigenvalue weighted by Crippen LogP contribution is 2.39. The molecule has 0 saturated carbocycles. The van der Waals surface area contributed by atoms with E-state index in [0.29, 0.717) is 11.0 Å². The number of rotatable bonds is 6. The number of nitrogens with one attached hydrogen (secondary N) is 1. The van der Waals surface area contributed by atoms with Crippen LogP contribution in [0, 0.1) is 0 Å².